The molecule has 136 valence electrons. The lowest BCUT2D eigenvalue weighted by Gasteiger charge is -2.06. The molecule has 0 saturated heterocycles. The largest absolute Gasteiger partial charge is 0.489 e. The number of alkyl halides is 1. The minimum Gasteiger partial charge on any atom is -0.489 e. The van der Waals surface area contributed by atoms with E-state index in [0.717, 1.165) is 16.9 Å². The number of halogens is 1. The van der Waals surface area contributed by atoms with Crippen molar-refractivity contribution in [1.29, 1.82) is 0 Å². The van der Waals surface area contributed by atoms with Crippen LogP contribution < -0.4 is 4.74 Å². The summed E-state index contributed by atoms with van der Waals surface area (Å²) < 4.78 is 11.1. The van der Waals surface area contributed by atoms with Crippen LogP contribution in [0.15, 0.2) is 70.8 Å². The molecule has 1 aliphatic carbocycles. The first-order valence-electron chi connectivity index (χ1n) is 8.82. The smallest absolute Gasteiger partial charge is 0.160 e. The summed E-state index contributed by atoms with van der Waals surface area (Å²) in [7, 11) is 0. The van der Waals surface area contributed by atoms with Gasteiger partial charge in [0.15, 0.2) is 11.5 Å². The maximum absolute atomic E-state index is 11.8. The van der Waals surface area contributed by atoms with Gasteiger partial charge in [-0.1, -0.05) is 35.5 Å². The molecule has 2 aromatic carbocycles. The molecule has 1 fully saturated rings. The molecule has 0 radical (unpaired) electrons. The van der Waals surface area contributed by atoms with E-state index in [0.29, 0.717) is 36.5 Å². The van der Waals surface area contributed by atoms with Crippen LogP contribution in [0.25, 0.3) is 17.3 Å². The topological polar surface area (TPSA) is 52.3 Å². The Kier molecular flexibility index (Phi) is 5.07. The standard InChI is InChI=1S/C22H18ClNO3/c23-20-10-11-22(25)19(20)12-18-13-21(24-27-18)16-6-8-17(9-7-16)26-14-15-4-2-1-3-5-15/h1-9,12-13,20H,10-11,14H2/b19-12+. The summed E-state index contributed by atoms with van der Waals surface area (Å²) in [6.07, 6.45) is 2.87. The Morgan fingerprint density at radius 1 is 1.15 bits per heavy atom. The number of Topliss-reactive ketones (excluding diaryl/α,β-unsaturated/α-hetero) is 1. The second kappa shape index (κ2) is 7.80. The van der Waals surface area contributed by atoms with E-state index in [9.17, 15) is 4.79 Å². The molecular weight excluding hydrogens is 362 g/mol. The van der Waals surface area contributed by atoms with Gasteiger partial charge in [-0.25, -0.2) is 0 Å². The summed E-state index contributed by atoms with van der Waals surface area (Å²) in [4.78, 5) is 11.8. The van der Waals surface area contributed by atoms with E-state index in [4.69, 9.17) is 20.9 Å². The lowest BCUT2D eigenvalue weighted by Crippen LogP contribution is -1.98. The zero-order valence-corrected chi connectivity index (χ0v) is 15.4. The number of hydrogen-bond acceptors (Lipinski definition) is 4. The van der Waals surface area contributed by atoms with Gasteiger partial charge in [0.2, 0.25) is 0 Å². The van der Waals surface area contributed by atoms with Crippen molar-refractivity contribution < 1.29 is 14.1 Å². The first kappa shape index (κ1) is 17.6. The number of carbonyl (C=O) groups excluding carboxylic acids is 1. The number of allylic oxidation sites excluding steroid dienone is 1. The molecule has 5 heteroatoms. The lowest BCUT2D eigenvalue weighted by atomic mass is 10.1. The van der Waals surface area contributed by atoms with Crippen molar-refractivity contribution in [2.75, 3.05) is 0 Å². The van der Waals surface area contributed by atoms with Crippen LogP contribution in [0.4, 0.5) is 0 Å². The van der Waals surface area contributed by atoms with Crippen molar-refractivity contribution in [3.8, 4) is 17.0 Å². The van der Waals surface area contributed by atoms with E-state index in [1.807, 2.05) is 60.7 Å². The third-order valence-corrected chi connectivity index (χ3v) is 4.96. The van der Waals surface area contributed by atoms with Crippen LogP contribution in [0, 0.1) is 0 Å². The number of carbonyl (C=O) groups is 1. The number of ketones is 1. The number of nitrogens with zero attached hydrogens (tertiary/aromatic N) is 1. The molecule has 1 aromatic heterocycles. The molecule has 0 amide bonds. The van der Waals surface area contributed by atoms with E-state index in [-0.39, 0.29) is 11.2 Å². The molecule has 27 heavy (non-hydrogen) atoms. The quantitative estimate of drug-likeness (QED) is 0.447. The zero-order valence-electron chi connectivity index (χ0n) is 14.6. The Balaban J connectivity index is 1.44. The molecule has 1 saturated carbocycles. The van der Waals surface area contributed by atoms with Crippen LogP contribution >= 0.6 is 11.6 Å². The van der Waals surface area contributed by atoms with Gasteiger partial charge >= 0.3 is 0 Å². The zero-order chi connectivity index (χ0) is 18.6. The van der Waals surface area contributed by atoms with Crippen molar-refractivity contribution in [2.24, 2.45) is 0 Å². The molecular formula is C22H18ClNO3. The van der Waals surface area contributed by atoms with Crippen LogP contribution in [-0.4, -0.2) is 16.3 Å². The molecule has 0 spiro atoms. The number of ether oxygens (including phenoxy) is 1. The molecule has 1 aliphatic rings. The summed E-state index contributed by atoms with van der Waals surface area (Å²) in [5.41, 5.74) is 3.34. The van der Waals surface area contributed by atoms with Crippen molar-refractivity contribution in [3.63, 3.8) is 0 Å². The van der Waals surface area contributed by atoms with Gasteiger partial charge in [-0.15, -0.1) is 11.6 Å². The van der Waals surface area contributed by atoms with Gasteiger partial charge in [0.1, 0.15) is 18.1 Å². The molecule has 1 unspecified atom stereocenters. The van der Waals surface area contributed by atoms with E-state index in [2.05, 4.69) is 5.16 Å². The fraction of sp³-hybridized carbons (Fsp3) is 0.182. The average Bonchev–Trinajstić information content (AvgIpc) is 3.30. The van der Waals surface area contributed by atoms with Gasteiger partial charge in [-0.3, -0.25) is 4.79 Å². The monoisotopic (exact) mass is 379 g/mol. The third kappa shape index (κ3) is 4.12. The van der Waals surface area contributed by atoms with E-state index >= 15 is 0 Å². The van der Waals surface area contributed by atoms with Gasteiger partial charge in [0, 0.05) is 23.6 Å². The Morgan fingerprint density at radius 2 is 1.93 bits per heavy atom. The summed E-state index contributed by atoms with van der Waals surface area (Å²) in [6, 6.07) is 19.5. The SMILES string of the molecule is O=C1CCC(Cl)/C1=C\c1cc(-c2ccc(OCc3ccccc3)cc2)no1. The Hall–Kier alpha value is -2.85. The van der Waals surface area contributed by atoms with E-state index < -0.39 is 0 Å². The van der Waals surface area contributed by atoms with Crippen molar-refractivity contribution in [1.82, 2.24) is 5.16 Å². The Morgan fingerprint density at radius 3 is 2.63 bits per heavy atom. The molecule has 1 atom stereocenters. The predicted octanol–water partition coefficient (Wildman–Crippen LogP) is 5.27. The van der Waals surface area contributed by atoms with Crippen LogP contribution in [0.3, 0.4) is 0 Å². The number of benzene rings is 2. The Labute approximate surface area is 162 Å². The highest BCUT2D eigenvalue weighted by atomic mass is 35.5. The summed E-state index contributed by atoms with van der Waals surface area (Å²) in [5.74, 6) is 1.40. The predicted molar refractivity (Wildman–Crippen MR) is 105 cm³/mol. The highest BCUT2D eigenvalue weighted by molar-refractivity contribution is 6.28. The summed E-state index contributed by atoms with van der Waals surface area (Å²) in [6.45, 7) is 0.523. The lowest BCUT2D eigenvalue weighted by molar-refractivity contribution is -0.114. The number of aromatic nitrogens is 1. The fourth-order valence-corrected chi connectivity index (χ4v) is 3.31. The highest BCUT2D eigenvalue weighted by Crippen LogP contribution is 2.29. The van der Waals surface area contributed by atoms with Crippen LogP contribution in [-0.2, 0) is 11.4 Å². The maximum atomic E-state index is 11.8. The van der Waals surface area contributed by atoms with E-state index in [1.54, 1.807) is 6.08 Å². The van der Waals surface area contributed by atoms with Gasteiger partial charge < -0.3 is 9.26 Å². The molecule has 0 bridgehead atoms. The molecule has 4 nitrogen and oxygen atoms in total. The van der Waals surface area contributed by atoms with Crippen LogP contribution in [0.1, 0.15) is 24.2 Å². The molecule has 3 aromatic rings. The second-order valence-electron chi connectivity index (χ2n) is 6.44. The minimum absolute atomic E-state index is 0.0767. The van der Waals surface area contributed by atoms with Gasteiger partial charge in [-0.05, 0) is 42.3 Å². The second-order valence-corrected chi connectivity index (χ2v) is 6.97. The summed E-state index contributed by atoms with van der Waals surface area (Å²) >= 11 is 6.17. The van der Waals surface area contributed by atoms with Crippen molar-refractivity contribution in [3.05, 3.63) is 77.6 Å². The van der Waals surface area contributed by atoms with Crippen molar-refractivity contribution >= 4 is 23.5 Å². The van der Waals surface area contributed by atoms with Crippen molar-refractivity contribution in [2.45, 2.75) is 24.8 Å². The Bertz CT molecular complexity index is 961. The van der Waals surface area contributed by atoms with Gasteiger partial charge in [0.05, 0.1) is 5.38 Å². The molecule has 0 aliphatic heterocycles. The summed E-state index contributed by atoms with van der Waals surface area (Å²) in [5, 5.41) is 3.84. The molecule has 0 N–H and O–H groups in total. The normalized spacial score (nSPS) is 18.2. The van der Waals surface area contributed by atoms with Crippen LogP contribution in [0.5, 0.6) is 5.75 Å². The minimum atomic E-state index is -0.243. The maximum Gasteiger partial charge on any atom is 0.160 e. The first-order chi connectivity index (χ1) is 13.2. The van der Waals surface area contributed by atoms with Crippen LogP contribution in [0.2, 0.25) is 0 Å². The highest BCUT2D eigenvalue weighted by Gasteiger charge is 2.27. The van der Waals surface area contributed by atoms with Gasteiger partial charge in [-0.2, -0.15) is 0 Å². The molecule has 4 rings (SSSR count). The fourth-order valence-electron chi connectivity index (χ4n) is 3.01. The number of rotatable bonds is 5. The third-order valence-electron chi connectivity index (χ3n) is 4.51. The first-order valence-corrected chi connectivity index (χ1v) is 9.25. The van der Waals surface area contributed by atoms with E-state index in [1.165, 1.54) is 0 Å². The molecule has 1 heterocycles. The van der Waals surface area contributed by atoms with Gasteiger partial charge in [0.25, 0.3) is 0 Å². The number of hydrogen-bond donors (Lipinski definition) is 0. The average molecular weight is 380 g/mol.